The largest absolute Gasteiger partial charge is 0.333 e. The predicted octanol–water partition coefficient (Wildman–Crippen LogP) is 2.33. The van der Waals surface area contributed by atoms with E-state index in [0.717, 1.165) is 13.1 Å². The van der Waals surface area contributed by atoms with Crippen LogP contribution in [0.3, 0.4) is 0 Å². The zero-order valence-corrected chi connectivity index (χ0v) is 13.5. The van der Waals surface area contributed by atoms with Crippen LogP contribution in [0.25, 0.3) is 0 Å². The summed E-state index contributed by atoms with van der Waals surface area (Å²) in [6.07, 6.45) is 0. The summed E-state index contributed by atoms with van der Waals surface area (Å²) >= 11 is 0. The molecule has 1 amide bonds. The number of nitrogens with zero attached hydrogens (tertiary/aromatic N) is 2. The lowest BCUT2D eigenvalue weighted by molar-refractivity contribution is -0.386. The van der Waals surface area contributed by atoms with Crippen molar-refractivity contribution in [2.45, 2.75) is 39.2 Å². The summed E-state index contributed by atoms with van der Waals surface area (Å²) in [6.45, 7) is 9.86. The molecule has 1 saturated heterocycles. The number of nitro groups is 1. The van der Waals surface area contributed by atoms with Gasteiger partial charge in [0.2, 0.25) is 0 Å². The molecule has 0 saturated carbocycles. The second-order valence-electron chi connectivity index (χ2n) is 6.79. The first-order valence-corrected chi connectivity index (χ1v) is 7.52. The summed E-state index contributed by atoms with van der Waals surface area (Å²) < 4.78 is 0. The molecular formula is C16H23N3O3. The molecule has 0 aromatic heterocycles. The molecule has 1 aromatic rings. The molecule has 1 heterocycles. The molecule has 6 nitrogen and oxygen atoms in total. The molecule has 1 fully saturated rings. The highest BCUT2D eigenvalue weighted by Gasteiger charge is 2.29. The van der Waals surface area contributed by atoms with E-state index in [-0.39, 0.29) is 23.1 Å². The number of carbonyl (C=O) groups excluding carboxylic acids is 1. The highest BCUT2D eigenvalue weighted by atomic mass is 16.6. The molecule has 0 bridgehead atoms. The standard InChI is InChI=1S/C16H23N3O3/c1-11-10-17-7-8-18(11)15(20)12-5-6-13(16(2,3)4)14(9-12)19(21)22/h5-6,9,11,17H,7-8,10H2,1-4H3. The van der Waals surface area contributed by atoms with Crippen LogP contribution >= 0.6 is 0 Å². The van der Waals surface area contributed by atoms with Gasteiger partial charge in [0, 0.05) is 42.9 Å². The van der Waals surface area contributed by atoms with Crippen molar-refractivity contribution in [3.05, 3.63) is 39.4 Å². The van der Waals surface area contributed by atoms with E-state index in [4.69, 9.17) is 0 Å². The first kappa shape index (κ1) is 16.4. The molecule has 0 spiro atoms. The Balaban J connectivity index is 2.38. The molecule has 2 rings (SSSR count). The molecule has 1 aliphatic heterocycles. The second-order valence-corrected chi connectivity index (χ2v) is 6.79. The Morgan fingerprint density at radius 3 is 2.64 bits per heavy atom. The third kappa shape index (κ3) is 3.27. The Morgan fingerprint density at radius 1 is 1.41 bits per heavy atom. The lowest BCUT2D eigenvalue weighted by atomic mass is 9.85. The van der Waals surface area contributed by atoms with Crippen LogP contribution in [0.2, 0.25) is 0 Å². The monoisotopic (exact) mass is 305 g/mol. The molecule has 120 valence electrons. The Bertz CT molecular complexity index is 593. The summed E-state index contributed by atoms with van der Waals surface area (Å²) in [4.78, 5) is 25.3. The zero-order valence-electron chi connectivity index (χ0n) is 13.5. The SMILES string of the molecule is CC1CNCCN1C(=O)c1ccc(C(C)(C)C)c([N+](=O)[O-])c1. The number of amides is 1. The summed E-state index contributed by atoms with van der Waals surface area (Å²) in [5.41, 5.74) is 0.698. The number of piperazine rings is 1. The smallest absolute Gasteiger partial charge is 0.273 e. The Kier molecular flexibility index (Phi) is 4.51. The van der Waals surface area contributed by atoms with Gasteiger partial charge in [-0.1, -0.05) is 26.8 Å². The topological polar surface area (TPSA) is 75.5 Å². The van der Waals surface area contributed by atoms with Crippen molar-refractivity contribution in [1.29, 1.82) is 0 Å². The summed E-state index contributed by atoms with van der Waals surface area (Å²) in [6, 6.07) is 4.91. The van der Waals surface area contributed by atoms with Crippen LogP contribution in [-0.2, 0) is 5.41 Å². The van der Waals surface area contributed by atoms with Crippen molar-refractivity contribution in [2.75, 3.05) is 19.6 Å². The number of hydrogen-bond acceptors (Lipinski definition) is 4. The molecular weight excluding hydrogens is 282 g/mol. The Morgan fingerprint density at radius 2 is 2.09 bits per heavy atom. The van der Waals surface area contributed by atoms with Crippen molar-refractivity contribution in [3.8, 4) is 0 Å². The first-order valence-electron chi connectivity index (χ1n) is 7.52. The predicted molar refractivity (Wildman–Crippen MR) is 85.2 cm³/mol. The van der Waals surface area contributed by atoms with E-state index >= 15 is 0 Å². The van der Waals surface area contributed by atoms with E-state index in [1.54, 1.807) is 17.0 Å². The van der Waals surface area contributed by atoms with E-state index in [0.29, 0.717) is 17.7 Å². The number of rotatable bonds is 2. The molecule has 1 N–H and O–H groups in total. The van der Waals surface area contributed by atoms with E-state index in [1.807, 2.05) is 27.7 Å². The Hall–Kier alpha value is -1.95. The van der Waals surface area contributed by atoms with Crippen LogP contribution in [-0.4, -0.2) is 41.4 Å². The number of nitrogens with one attached hydrogen (secondary N) is 1. The minimum Gasteiger partial charge on any atom is -0.333 e. The number of carbonyl (C=O) groups is 1. The van der Waals surface area contributed by atoms with Gasteiger partial charge in [-0.2, -0.15) is 0 Å². The van der Waals surface area contributed by atoms with Crippen molar-refractivity contribution in [3.63, 3.8) is 0 Å². The minimum atomic E-state index is -0.404. The average Bonchev–Trinajstić information content (AvgIpc) is 2.45. The number of hydrogen-bond donors (Lipinski definition) is 1. The van der Waals surface area contributed by atoms with Crippen molar-refractivity contribution in [2.24, 2.45) is 0 Å². The van der Waals surface area contributed by atoms with Gasteiger partial charge >= 0.3 is 0 Å². The van der Waals surface area contributed by atoms with Crippen LogP contribution in [0.4, 0.5) is 5.69 Å². The van der Waals surface area contributed by atoms with Crippen molar-refractivity contribution >= 4 is 11.6 Å². The fourth-order valence-corrected chi connectivity index (χ4v) is 2.76. The van der Waals surface area contributed by atoms with Gasteiger partial charge in [-0.25, -0.2) is 0 Å². The highest BCUT2D eigenvalue weighted by Crippen LogP contribution is 2.32. The molecule has 22 heavy (non-hydrogen) atoms. The van der Waals surface area contributed by atoms with Gasteiger partial charge in [0.1, 0.15) is 0 Å². The summed E-state index contributed by atoms with van der Waals surface area (Å²) in [7, 11) is 0. The lowest BCUT2D eigenvalue weighted by Crippen LogP contribution is -2.52. The maximum Gasteiger partial charge on any atom is 0.273 e. The van der Waals surface area contributed by atoms with Gasteiger partial charge in [0.25, 0.3) is 11.6 Å². The van der Waals surface area contributed by atoms with E-state index in [2.05, 4.69) is 5.32 Å². The summed E-state index contributed by atoms with van der Waals surface area (Å²) in [5.74, 6) is -0.141. The third-order valence-corrected chi connectivity index (χ3v) is 4.01. The molecule has 1 atom stereocenters. The van der Waals surface area contributed by atoms with E-state index in [9.17, 15) is 14.9 Å². The van der Waals surface area contributed by atoms with Crippen molar-refractivity contribution < 1.29 is 9.72 Å². The summed E-state index contributed by atoms with van der Waals surface area (Å²) in [5, 5.41) is 14.6. The maximum absolute atomic E-state index is 12.6. The number of nitro benzene ring substituents is 1. The van der Waals surface area contributed by atoms with Gasteiger partial charge < -0.3 is 10.2 Å². The van der Waals surface area contributed by atoms with Gasteiger partial charge in [-0.15, -0.1) is 0 Å². The van der Waals surface area contributed by atoms with Crippen LogP contribution in [0, 0.1) is 10.1 Å². The fraction of sp³-hybridized carbons (Fsp3) is 0.562. The fourth-order valence-electron chi connectivity index (χ4n) is 2.76. The highest BCUT2D eigenvalue weighted by molar-refractivity contribution is 5.95. The van der Waals surface area contributed by atoms with Crippen LogP contribution in [0.5, 0.6) is 0 Å². The first-order chi connectivity index (χ1) is 10.2. The lowest BCUT2D eigenvalue weighted by Gasteiger charge is -2.34. The average molecular weight is 305 g/mol. The molecule has 0 radical (unpaired) electrons. The van der Waals surface area contributed by atoms with E-state index < -0.39 is 4.92 Å². The van der Waals surface area contributed by atoms with Crippen molar-refractivity contribution in [1.82, 2.24) is 10.2 Å². The second kappa shape index (κ2) is 6.04. The van der Waals surface area contributed by atoms with Gasteiger partial charge in [0.15, 0.2) is 0 Å². The van der Waals surface area contributed by atoms with Gasteiger partial charge in [0.05, 0.1) is 4.92 Å². The number of benzene rings is 1. The molecule has 1 unspecified atom stereocenters. The van der Waals surface area contributed by atoms with Gasteiger partial charge in [-0.3, -0.25) is 14.9 Å². The van der Waals surface area contributed by atoms with E-state index in [1.165, 1.54) is 6.07 Å². The Labute approximate surface area is 130 Å². The third-order valence-electron chi connectivity index (χ3n) is 4.01. The molecule has 1 aliphatic rings. The molecule has 1 aromatic carbocycles. The van der Waals surface area contributed by atoms with Crippen LogP contribution < -0.4 is 5.32 Å². The van der Waals surface area contributed by atoms with Gasteiger partial charge in [-0.05, 0) is 18.4 Å². The quantitative estimate of drug-likeness (QED) is 0.672. The maximum atomic E-state index is 12.6. The zero-order chi connectivity index (χ0) is 16.5. The normalized spacial score (nSPS) is 19.1. The minimum absolute atomic E-state index is 0.0149. The van der Waals surface area contributed by atoms with Crippen LogP contribution in [0.15, 0.2) is 18.2 Å². The molecule has 0 aliphatic carbocycles. The molecule has 6 heteroatoms. The van der Waals surface area contributed by atoms with Crippen LogP contribution in [0.1, 0.15) is 43.6 Å².